The molecule has 1 fully saturated rings. The highest BCUT2D eigenvalue weighted by Gasteiger charge is 2.24. The van der Waals surface area contributed by atoms with E-state index in [1.807, 2.05) is 36.4 Å². The number of ketones is 1. The van der Waals surface area contributed by atoms with Crippen LogP contribution < -0.4 is 5.43 Å². The standard InChI is InChI=1S/C26H23NO3/c28-24(9-12-27-11-8-21(17-27)18-4-2-1-3-5-18)20-7-6-19-16-26-23(15-22(19)14-20)25(29)10-13-30-26/h1-7,10,13-16,21H,8-9,11-12,17H2. The van der Waals surface area contributed by atoms with Gasteiger partial charge >= 0.3 is 0 Å². The van der Waals surface area contributed by atoms with Gasteiger partial charge < -0.3 is 9.32 Å². The first-order valence-corrected chi connectivity index (χ1v) is 10.4. The molecule has 1 aliphatic heterocycles. The Kier molecular flexibility index (Phi) is 4.93. The summed E-state index contributed by atoms with van der Waals surface area (Å²) in [6.45, 7) is 2.82. The number of carbonyl (C=O) groups excluding carboxylic acids is 1. The molecule has 4 nitrogen and oxygen atoms in total. The third-order valence-corrected chi connectivity index (χ3v) is 6.14. The Bertz CT molecular complexity index is 1280. The molecule has 0 N–H and O–H groups in total. The van der Waals surface area contributed by atoms with Crippen molar-refractivity contribution in [1.29, 1.82) is 0 Å². The van der Waals surface area contributed by atoms with Gasteiger partial charge in [0.25, 0.3) is 0 Å². The van der Waals surface area contributed by atoms with E-state index in [1.165, 1.54) is 17.9 Å². The summed E-state index contributed by atoms with van der Waals surface area (Å²) in [5.74, 6) is 0.696. The highest BCUT2D eigenvalue weighted by atomic mass is 16.3. The molecular formula is C26H23NO3. The second-order valence-corrected chi connectivity index (χ2v) is 8.07. The zero-order chi connectivity index (χ0) is 20.5. The molecule has 1 saturated heterocycles. The number of rotatable bonds is 5. The summed E-state index contributed by atoms with van der Waals surface area (Å²) in [4.78, 5) is 27.3. The van der Waals surface area contributed by atoms with Gasteiger partial charge in [-0.25, -0.2) is 0 Å². The molecule has 5 rings (SSSR count). The van der Waals surface area contributed by atoms with Gasteiger partial charge in [-0.1, -0.05) is 42.5 Å². The van der Waals surface area contributed by atoms with Crippen molar-refractivity contribution in [3.8, 4) is 0 Å². The smallest absolute Gasteiger partial charge is 0.192 e. The SMILES string of the molecule is O=C(CCN1CCC(c2ccccc2)C1)c1ccc2cc3occc(=O)c3cc2c1. The topological polar surface area (TPSA) is 50.5 Å². The maximum absolute atomic E-state index is 12.8. The number of Topliss-reactive ketones (excluding diaryl/α,β-unsaturated/α-hetero) is 1. The van der Waals surface area contributed by atoms with Gasteiger partial charge in [-0.15, -0.1) is 0 Å². The van der Waals surface area contributed by atoms with Crippen LogP contribution in [0.4, 0.5) is 0 Å². The highest BCUT2D eigenvalue weighted by molar-refractivity contribution is 6.02. The van der Waals surface area contributed by atoms with E-state index in [0.717, 1.165) is 36.8 Å². The van der Waals surface area contributed by atoms with Crippen molar-refractivity contribution in [2.45, 2.75) is 18.8 Å². The molecule has 4 aromatic rings. The number of carbonyl (C=O) groups is 1. The first-order valence-electron chi connectivity index (χ1n) is 10.4. The third kappa shape index (κ3) is 3.66. The van der Waals surface area contributed by atoms with Gasteiger partial charge in [0.1, 0.15) is 5.58 Å². The molecular weight excluding hydrogens is 374 g/mol. The fourth-order valence-corrected chi connectivity index (χ4v) is 4.44. The van der Waals surface area contributed by atoms with Gasteiger partial charge in [-0.3, -0.25) is 9.59 Å². The van der Waals surface area contributed by atoms with E-state index in [1.54, 1.807) is 0 Å². The molecule has 0 amide bonds. The first kappa shape index (κ1) is 18.8. The van der Waals surface area contributed by atoms with E-state index in [-0.39, 0.29) is 11.2 Å². The van der Waals surface area contributed by atoms with Gasteiger partial charge in [0.15, 0.2) is 11.2 Å². The fourth-order valence-electron chi connectivity index (χ4n) is 4.44. The third-order valence-electron chi connectivity index (χ3n) is 6.14. The summed E-state index contributed by atoms with van der Waals surface area (Å²) in [6, 6.07) is 21.4. The second kappa shape index (κ2) is 7.88. The number of fused-ring (bicyclic) bond motifs is 2. The van der Waals surface area contributed by atoms with Crippen molar-refractivity contribution >= 4 is 27.5 Å². The normalized spacial score (nSPS) is 17.0. The quantitative estimate of drug-likeness (QED) is 0.351. The molecule has 1 aromatic heterocycles. The van der Waals surface area contributed by atoms with Crippen molar-refractivity contribution < 1.29 is 9.21 Å². The van der Waals surface area contributed by atoms with Gasteiger partial charge in [0.2, 0.25) is 0 Å². The van der Waals surface area contributed by atoms with E-state index >= 15 is 0 Å². The average Bonchev–Trinajstić information content (AvgIpc) is 3.26. The molecule has 1 unspecified atom stereocenters. The molecule has 30 heavy (non-hydrogen) atoms. The van der Waals surface area contributed by atoms with E-state index in [2.05, 4.69) is 29.2 Å². The van der Waals surface area contributed by atoms with Crippen LogP contribution in [0.1, 0.15) is 34.7 Å². The van der Waals surface area contributed by atoms with E-state index in [9.17, 15) is 9.59 Å². The molecule has 0 bridgehead atoms. The van der Waals surface area contributed by atoms with Crippen LogP contribution in [0.3, 0.4) is 0 Å². The van der Waals surface area contributed by atoms with Gasteiger partial charge in [-0.2, -0.15) is 0 Å². The largest absolute Gasteiger partial charge is 0.464 e. The second-order valence-electron chi connectivity index (χ2n) is 8.07. The van der Waals surface area contributed by atoms with Crippen LogP contribution in [0.5, 0.6) is 0 Å². The van der Waals surface area contributed by atoms with Crippen molar-refractivity contribution in [3.05, 3.63) is 94.3 Å². The molecule has 2 heterocycles. The Labute approximate surface area is 174 Å². The molecule has 0 radical (unpaired) electrons. The minimum absolute atomic E-state index is 0.0723. The summed E-state index contributed by atoms with van der Waals surface area (Å²) < 4.78 is 5.44. The van der Waals surface area contributed by atoms with Gasteiger partial charge in [-0.05, 0) is 53.4 Å². The molecule has 0 saturated carbocycles. The minimum atomic E-state index is -0.0723. The number of benzene rings is 3. The van der Waals surface area contributed by atoms with Crippen molar-refractivity contribution in [3.63, 3.8) is 0 Å². The molecule has 0 aliphatic carbocycles. The minimum Gasteiger partial charge on any atom is -0.464 e. The van der Waals surface area contributed by atoms with Crippen LogP contribution in [-0.2, 0) is 0 Å². The van der Waals surface area contributed by atoms with Crippen LogP contribution >= 0.6 is 0 Å². The summed E-state index contributed by atoms with van der Waals surface area (Å²) in [5.41, 5.74) is 2.58. The Hall–Kier alpha value is -3.24. The number of likely N-dealkylation sites (tertiary alicyclic amines) is 1. The molecule has 1 atom stereocenters. The van der Waals surface area contributed by atoms with Crippen molar-refractivity contribution in [2.75, 3.05) is 19.6 Å². The van der Waals surface area contributed by atoms with Crippen LogP contribution in [-0.4, -0.2) is 30.3 Å². The maximum atomic E-state index is 12.8. The van der Waals surface area contributed by atoms with E-state index < -0.39 is 0 Å². The summed E-state index contributed by atoms with van der Waals surface area (Å²) >= 11 is 0. The summed E-state index contributed by atoms with van der Waals surface area (Å²) in [6.07, 6.45) is 3.06. The lowest BCUT2D eigenvalue weighted by Crippen LogP contribution is -2.23. The molecule has 3 aromatic carbocycles. The predicted octanol–water partition coefficient (Wildman–Crippen LogP) is 5.01. The monoisotopic (exact) mass is 397 g/mol. The van der Waals surface area contributed by atoms with Crippen molar-refractivity contribution in [1.82, 2.24) is 4.90 Å². The Morgan fingerprint density at radius 3 is 2.73 bits per heavy atom. The number of hydrogen-bond acceptors (Lipinski definition) is 4. The molecule has 1 aliphatic rings. The van der Waals surface area contributed by atoms with Crippen LogP contribution in [0.2, 0.25) is 0 Å². The van der Waals surface area contributed by atoms with E-state index in [0.29, 0.717) is 28.9 Å². The Balaban J connectivity index is 1.28. The molecule has 0 spiro atoms. The molecule has 150 valence electrons. The van der Waals surface area contributed by atoms with E-state index in [4.69, 9.17) is 4.42 Å². The lowest BCUT2D eigenvalue weighted by molar-refractivity contribution is 0.0969. The predicted molar refractivity (Wildman–Crippen MR) is 119 cm³/mol. The van der Waals surface area contributed by atoms with Crippen LogP contribution in [0.25, 0.3) is 21.7 Å². The lowest BCUT2D eigenvalue weighted by Gasteiger charge is -2.16. The number of hydrogen-bond donors (Lipinski definition) is 0. The Morgan fingerprint density at radius 2 is 1.87 bits per heavy atom. The van der Waals surface area contributed by atoms with Crippen LogP contribution in [0.15, 0.2) is 82.2 Å². The summed E-state index contributed by atoms with van der Waals surface area (Å²) in [7, 11) is 0. The fraction of sp³-hybridized carbons (Fsp3) is 0.231. The summed E-state index contributed by atoms with van der Waals surface area (Å²) in [5, 5.41) is 2.38. The van der Waals surface area contributed by atoms with Gasteiger partial charge in [0, 0.05) is 31.1 Å². The Morgan fingerprint density at radius 1 is 1.00 bits per heavy atom. The lowest BCUT2D eigenvalue weighted by atomic mass is 9.99. The van der Waals surface area contributed by atoms with Crippen molar-refractivity contribution in [2.24, 2.45) is 0 Å². The number of nitrogens with zero attached hydrogens (tertiary/aromatic N) is 1. The zero-order valence-corrected chi connectivity index (χ0v) is 16.7. The van der Waals surface area contributed by atoms with Gasteiger partial charge in [0.05, 0.1) is 11.6 Å². The maximum Gasteiger partial charge on any atom is 0.192 e. The average molecular weight is 397 g/mol. The van der Waals surface area contributed by atoms with Crippen LogP contribution in [0, 0.1) is 0 Å². The molecule has 4 heteroatoms. The first-order chi connectivity index (χ1) is 14.7. The zero-order valence-electron chi connectivity index (χ0n) is 16.7. The highest BCUT2D eigenvalue weighted by Crippen LogP contribution is 2.27.